The van der Waals surface area contributed by atoms with Crippen LogP contribution in [0.5, 0.6) is 0 Å². The maximum atomic E-state index is 11.9. The van der Waals surface area contributed by atoms with Gasteiger partial charge >= 0.3 is 0 Å². The second-order valence-electron chi connectivity index (χ2n) is 4.04. The van der Waals surface area contributed by atoms with E-state index in [9.17, 15) is 9.00 Å². The van der Waals surface area contributed by atoms with Crippen molar-refractivity contribution in [2.75, 3.05) is 17.7 Å². The van der Waals surface area contributed by atoms with Gasteiger partial charge in [-0.2, -0.15) is 0 Å². The maximum absolute atomic E-state index is 11.9. The standard InChI is InChI=1S/C11H16ClN3O2S/c1-7(3-4-18(2)17)14-11(16)8-5-9(12)15-10(13)6-8/h5-7H,3-4H2,1-2H3,(H2,13,15)(H,14,16). The van der Waals surface area contributed by atoms with Crippen LogP contribution in [0.25, 0.3) is 0 Å². The molecule has 0 radical (unpaired) electrons. The van der Waals surface area contributed by atoms with E-state index in [1.54, 1.807) is 6.26 Å². The van der Waals surface area contributed by atoms with E-state index < -0.39 is 10.8 Å². The molecule has 1 aromatic heterocycles. The predicted octanol–water partition coefficient (Wildman–Crippen LogP) is 1.20. The highest BCUT2D eigenvalue weighted by molar-refractivity contribution is 7.84. The summed E-state index contributed by atoms with van der Waals surface area (Å²) in [6, 6.07) is 2.86. The lowest BCUT2D eigenvalue weighted by atomic mass is 10.2. The van der Waals surface area contributed by atoms with Crippen molar-refractivity contribution in [3.05, 3.63) is 22.8 Å². The summed E-state index contributed by atoms with van der Waals surface area (Å²) in [5, 5.41) is 2.97. The van der Waals surface area contributed by atoms with Crippen LogP contribution in [0.3, 0.4) is 0 Å². The van der Waals surface area contributed by atoms with Crippen molar-refractivity contribution in [2.45, 2.75) is 19.4 Å². The number of halogens is 1. The van der Waals surface area contributed by atoms with Crippen LogP contribution in [0.15, 0.2) is 12.1 Å². The number of rotatable bonds is 5. The van der Waals surface area contributed by atoms with E-state index in [2.05, 4.69) is 10.3 Å². The van der Waals surface area contributed by atoms with Crippen LogP contribution in [-0.4, -0.2) is 33.2 Å². The Bertz CT molecular complexity index is 447. The fourth-order valence-electron chi connectivity index (χ4n) is 1.37. The van der Waals surface area contributed by atoms with Crippen LogP contribution in [-0.2, 0) is 10.8 Å². The summed E-state index contributed by atoms with van der Waals surface area (Å²) in [5.41, 5.74) is 5.88. The first-order valence-corrected chi connectivity index (χ1v) is 7.53. The first kappa shape index (κ1) is 14.9. The molecule has 2 atom stereocenters. The Labute approximate surface area is 114 Å². The number of pyridine rings is 1. The van der Waals surface area contributed by atoms with Gasteiger partial charge in [-0.25, -0.2) is 4.98 Å². The molecular formula is C11H16ClN3O2S. The molecule has 0 aliphatic rings. The Morgan fingerprint density at radius 1 is 1.61 bits per heavy atom. The molecular weight excluding hydrogens is 274 g/mol. The van der Waals surface area contributed by atoms with E-state index in [0.717, 1.165) is 0 Å². The predicted molar refractivity (Wildman–Crippen MR) is 74.1 cm³/mol. The topological polar surface area (TPSA) is 85.1 Å². The van der Waals surface area contributed by atoms with Gasteiger partial charge in [0.1, 0.15) is 11.0 Å². The summed E-state index contributed by atoms with van der Waals surface area (Å²) in [4.78, 5) is 15.7. The molecule has 1 amide bonds. The lowest BCUT2D eigenvalue weighted by Gasteiger charge is -2.13. The van der Waals surface area contributed by atoms with Gasteiger partial charge in [0.2, 0.25) is 0 Å². The summed E-state index contributed by atoms with van der Waals surface area (Å²) in [5.74, 6) is 0.496. The highest BCUT2D eigenvalue weighted by atomic mass is 35.5. The third kappa shape index (κ3) is 5.01. The van der Waals surface area contributed by atoms with Gasteiger partial charge in [-0.15, -0.1) is 0 Å². The largest absolute Gasteiger partial charge is 0.384 e. The van der Waals surface area contributed by atoms with Crippen molar-refractivity contribution in [1.82, 2.24) is 10.3 Å². The molecule has 0 fully saturated rings. The summed E-state index contributed by atoms with van der Waals surface area (Å²) in [7, 11) is -0.855. The number of anilines is 1. The monoisotopic (exact) mass is 289 g/mol. The third-order valence-electron chi connectivity index (χ3n) is 2.29. The van der Waals surface area contributed by atoms with Gasteiger partial charge in [0, 0.05) is 34.4 Å². The van der Waals surface area contributed by atoms with E-state index in [-0.39, 0.29) is 22.9 Å². The molecule has 5 nitrogen and oxygen atoms in total. The Morgan fingerprint density at radius 3 is 2.83 bits per heavy atom. The minimum Gasteiger partial charge on any atom is -0.384 e. The molecule has 1 aromatic rings. The zero-order valence-electron chi connectivity index (χ0n) is 10.3. The van der Waals surface area contributed by atoms with E-state index in [1.165, 1.54) is 12.1 Å². The highest BCUT2D eigenvalue weighted by Crippen LogP contribution is 2.12. The Balaban J connectivity index is 2.61. The van der Waals surface area contributed by atoms with E-state index in [1.807, 2.05) is 6.92 Å². The van der Waals surface area contributed by atoms with E-state index >= 15 is 0 Å². The molecule has 0 aliphatic carbocycles. The molecule has 3 N–H and O–H groups in total. The van der Waals surface area contributed by atoms with Crippen LogP contribution in [0, 0.1) is 0 Å². The number of nitrogen functional groups attached to an aromatic ring is 1. The molecule has 0 bridgehead atoms. The number of nitrogens with one attached hydrogen (secondary N) is 1. The van der Waals surface area contributed by atoms with Crippen LogP contribution in [0.4, 0.5) is 5.82 Å². The molecule has 7 heteroatoms. The van der Waals surface area contributed by atoms with Gasteiger partial charge in [-0.05, 0) is 25.5 Å². The Kier molecular flexibility index (Phi) is 5.55. The molecule has 18 heavy (non-hydrogen) atoms. The van der Waals surface area contributed by atoms with Crippen LogP contribution in [0.1, 0.15) is 23.7 Å². The second-order valence-corrected chi connectivity index (χ2v) is 5.99. The van der Waals surface area contributed by atoms with Crippen molar-refractivity contribution >= 4 is 34.1 Å². The van der Waals surface area contributed by atoms with Crippen LogP contribution >= 0.6 is 11.6 Å². The minimum atomic E-state index is -0.855. The Hall–Kier alpha value is -1.14. The van der Waals surface area contributed by atoms with Gasteiger partial charge in [-0.3, -0.25) is 9.00 Å². The molecule has 0 aromatic carbocycles. The van der Waals surface area contributed by atoms with Gasteiger partial charge in [-0.1, -0.05) is 11.6 Å². The highest BCUT2D eigenvalue weighted by Gasteiger charge is 2.11. The lowest BCUT2D eigenvalue weighted by Crippen LogP contribution is -2.33. The average Bonchev–Trinajstić information content (AvgIpc) is 2.25. The van der Waals surface area contributed by atoms with Gasteiger partial charge < -0.3 is 11.1 Å². The number of nitrogens with zero attached hydrogens (tertiary/aromatic N) is 1. The van der Waals surface area contributed by atoms with Gasteiger partial charge in [0.25, 0.3) is 5.91 Å². The average molecular weight is 290 g/mol. The number of amides is 1. The number of hydrogen-bond acceptors (Lipinski definition) is 4. The zero-order chi connectivity index (χ0) is 13.7. The third-order valence-corrected chi connectivity index (χ3v) is 3.30. The number of carbonyl (C=O) groups excluding carboxylic acids is 1. The maximum Gasteiger partial charge on any atom is 0.251 e. The molecule has 2 unspecified atom stereocenters. The molecule has 0 saturated heterocycles. The summed E-state index contributed by atoms with van der Waals surface area (Å²) in [6.07, 6.45) is 2.29. The summed E-state index contributed by atoms with van der Waals surface area (Å²) < 4.78 is 10.9. The second kappa shape index (κ2) is 6.70. The summed E-state index contributed by atoms with van der Waals surface area (Å²) in [6.45, 7) is 1.86. The molecule has 0 saturated carbocycles. The molecule has 0 aliphatic heterocycles. The van der Waals surface area contributed by atoms with Gasteiger partial charge in [0.05, 0.1) is 0 Å². The molecule has 1 heterocycles. The Morgan fingerprint density at radius 2 is 2.28 bits per heavy atom. The van der Waals surface area contributed by atoms with E-state index in [0.29, 0.717) is 17.7 Å². The lowest BCUT2D eigenvalue weighted by molar-refractivity contribution is 0.0939. The number of nitrogens with two attached hydrogens (primary N) is 1. The normalized spacial score (nSPS) is 13.9. The molecule has 1 rings (SSSR count). The zero-order valence-corrected chi connectivity index (χ0v) is 11.8. The van der Waals surface area contributed by atoms with E-state index in [4.69, 9.17) is 17.3 Å². The van der Waals surface area contributed by atoms with Crippen molar-refractivity contribution < 1.29 is 9.00 Å². The number of aromatic nitrogens is 1. The summed E-state index contributed by atoms with van der Waals surface area (Å²) >= 11 is 5.72. The van der Waals surface area contributed by atoms with Crippen LogP contribution < -0.4 is 11.1 Å². The quantitative estimate of drug-likeness (QED) is 0.798. The first-order chi connectivity index (χ1) is 8.38. The SMILES string of the molecule is CC(CCS(C)=O)NC(=O)c1cc(N)nc(Cl)c1. The first-order valence-electron chi connectivity index (χ1n) is 5.42. The molecule has 0 spiro atoms. The number of carbonyl (C=O) groups is 1. The van der Waals surface area contributed by atoms with Crippen molar-refractivity contribution in [1.29, 1.82) is 0 Å². The van der Waals surface area contributed by atoms with Crippen LogP contribution in [0.2, 0.25) is 5.15 Å². The molecule has 100 valence electrons. The smallest absolute Gasteiger partial charge is 0.251 e. The van der Waals surface area contributed by atoms with Crippen molar-refractivity contribution in [3.8, 4) is 0 Å². The van der Waals surface area contributed by atoms with Crippen molar-refractivity contribution in [3.63, 3.8) is 0 Å². The fourth-order valence-corrected chi connectivity index (χ4v) is 2.27. The minimum absolute atomic E-state index is 0.0606. The van der Waals surface area contributed by atoms with Gasteiger partial charge in [0.15, 0.2) is 0 Å². The number of hydrogen-bond donors (Lipinski definition) is 2. The fraction of sp³-hybridized carbons (Fsp3) is 0.455. The van der Waals surface area contributed by atoms with Crippen molar-refractivity contribution in [2.24, 2.45) is 0 Å².